The van der Waals surface area contributed by atoms with Crippen LogP contribution in [0.25, 0.3) is 0 Å². The van der Waals surface area contributed by atoms with E-state index in [1.165, 1.54) is 0 Å². The highest BCUT2D eigenvalue weighted by molar-refractivity contribution is 9.10. The van der Waals surface area contributed by atoms with E-state index in [-0.39, 0.29) is 0 Å². The normalized spacial score (nSPS) is 17.8. The van der Waals surface area contributed by atoms with Crippen molar-refractivity contribution in [1.29, 1.82) is 0 Å². The Morgan fingerprint density at radius 3 is 3.12 bits per heavy atom. The largest absolute Gasteiger partial charge is 0.312 e. The summed E-state index contributed by atoms with van der Waals surface area (Å²) in [5, 5.41) is 0. The molecular formula is C12H12BrN3. The third-order valence-electron chi connectivity index (χ3n) is 2.92. The Morgan fingerprint density at radius 2 is 2.31 bits per heavy atom. The molecule has 0 N–H and O–H groups in total. The van der Waals surface area contributed by atoms with Crippen molar-refractivity contribution in [3.8, 4) is 0 Å². The molecule has 3 nitrogen and oxygen atoms in total. The highest BCUT2D eigenvalue weighted by Gasteiger charge is 2.28. The zero-order valence-corrected chi connectivity index (χ0v) is 10.7. The first kappa shape index (κ1) is 10.0. The predicted octanol–water partition coefficient (Wildman–Crippen LogP) is 2.96. The molecule has 0 aliphatic carbocycles. The van der Waals surface area contributed by atoms with E-state index in [1.807, 2.05) is 12.1 Å². The summed E-state index contributed by atoms with van der Waals surface area (Å²) in [7, 11) is 0. The van der Waals surface area contributed by atoms with Crippen molar-refractivity contribution in [2.24, 2.45) is 9.98 Å². The molecule has 0 saturated heterocycles. The average molecular weight is 278 g/mol. The maximum absolute atomic E-state index is 4.69. The van der Waals surface area contributed by atoms with Crippen molar-refractivity contribution in [2.75, 3.05) is 13.1 Å². The smallest absolute Gasteiger partial charge is 0.138 e. The van der Waals surface area contributed by atoms with Crippen LogP contribution in [-0.4, -0.2) is 29.7 Å². The third kappa shape index (κ3) is 1.40. The molecule has 1 aromatic rings. The number of benzene rings is 1. The summed E-state index contributed by atoms with van der Waals surface area (Å²) in [6.45, 7) is 3.98. The second-order valence-corrected chi connectivity index (χ2v) is 4.82. The van der Waals surface area contributed by atoms with Crippen LogP contribution in [0.4, 0.5) is 5.69 Å². The summed E-state index contributed by atoms with van der Waals surface area (Å²) in [5.74, 6) is 2.22. The first-order valence-corrected chi connectivity index (χ1v) is 6.28. The summed E-state index contributed by atoms with van der Waals surface area (Å²) in [5.41, 5.74) is 2.18. The maximum Gasteiger partial charge on any atom is 0.138 e. The van der Waals surface area contributed by atoms with Crippen LogP contribution in [0.15, 0.2) is 32.7 Å². The molecule has 2 aliphatic heterocycles. The van der Waals surface area contributed by atoms with Gasteiger partial charge >= 0.3 is 0 Å². The van der Waals surface area contributed by atoms with Crippen LogP contribution in [0.1, 0.15) is 18.9 Å². The number of nitrogens with zero attached hydrogens (tertiary/aromatic N) is 3. The van der Waals surface area contributed by atoms with E-state index < -0.39 is 0 Å². The van der Waals surface area contributed by atoms with Gasteiger partial charge in [-0.25, -0.2) is 4.99 Å². The van der Waals surface area contributed by atoms with Crippen LogP contribution in [0.5, 0.6) is 0 Å². The van der Waals surface area contributed by atoms with Gasteiger partial charge in [-0.05, 0) is 18.2 Å². The summed E-state index contributed by atoms with van der Waals surface area (Å²) in [4.78, 5) is 11.5. The second kappa shape index (κ2) is 3.70. The quantitative estimate of drug-likeness (QED) is 0.776. The van der Waals surface area contributed by atoms with Crippen molar-refractivity contribution < 1.29 is 0 Å². The topological polar surface area (TPSA) is 28.0 Å². The van der Waals surface area contributed by atoms with Crippen molar-refractivity contribution in [3.63, 3.8) is 0 Å². The van der Waals surface area contributed by atoms with Gasteiger partial charge in [-0.1, -0.05) is 22.9 Å². The van der Waals surface area contributed by atoms with Crippen molar-refractivity contribution in [2.45, 2.75) is 13.3 Å². The zero-order valence-electron chi connectivity index (χ0n) is 9.07. The van der Waals surface area contributed by atoms with Gasteiger partial charge in [0.15, 0.2) is 0 Å². The highest BCUT2D eigenvalue weighted by atomic mass is 79.9. The van der Waals surface area contributed by atoms with Crippen LogP contribution < -0.4 is 0 Å². The Labute approximate surface area is 103 Å². The molecule has 0 aromatic heterocycles. The molecule has 0 bridgehead atoms. The van der Waals surface area contributed by atoms with Gasteiger partial charge in [0.2, 0.25) is 0 Å². The van der Waals surface area contributed by atoms with Crippen LogP contribution in [-0.2, 0) is 0 Å². The van der Waals surface area contributed by atoms with E-state index >= 15 is 0 Å². The van der Waals surface area contributed by atoms with Gasteiger partial charge in [-0.3, -0.25) is 4.99 Å². The lowest BCUT2D eigenvalue weighted by atomic mass is 10.1. The number of rotatable bonds is 1. The van der Waals surface area contributed by atoms with E-state index in [1.54, 1.807) is 0 Å². The molecule has 0 radical (unpaired) electrons. The van der Waals surface area contributed by atoms with Gasteiger partial charge in [0.05, 0.1) is 12.2 Å². The van der Waals surface area contributed by atoms with E-state index in [0.29, 0.717) is 0 Å². The first-order chi connectivity index (χ1) is 7.79. The Hall–Kier alpha value is -1.16. The van der Waals surface area contributed by atoms with Crippen molar-refractivity contribution in [3.05, 3.63) is 28.2 Å². The monoisotopic (exact) mass is 277 g/mol. The summed E-state index contributed by atoms with van der Waals surface area (Å²) in [6.07, 6.45) is 0.953. The van der Waals surface area contributed by atoms with Gasteiger partial charge in [0, 0.05) is 23.0 Å². The molecule has 0 amide bonds. The third-order valence-corrected chi connectivity index (χ3v) is 3.41. The van der Waals surface area contributed by atoms with Gasteiger partial charge < -0.3 is 4.90 Å². The van der Waals surface area contributed by atoms with Gasteiger partial charge in [0.1, 0.15) is 11.7 Å². The first-order valence-electron chi connectivity index (χ1n) is 5.49. The molecule has 3 rings (SSSR count). The number of fused-ring (bicyclic) bond motifs is 3. The Bertz CT molecular complexity index is 505. The lowest BCUT2D eigenvalue weighted by Crippen LogP contribution is -2.36. The molecule has 16 heavy (non-hydrogen) atoms. The number of hydrogen-bond donors (Lipinski definition) is 0. The van der Waals surface area contributed by atoms with Gasteiger partial charge in [-0.2, -0.15) is 0 Å². The molecule has 82 valence electrons. The molecule has 0 unspecified atom stereocenters. The van der Waals surface area contributed by atoms with Crippen LogP contribution >= 0.6 is 15.9 Å². The molecule has 2 heterocycles. The standard InChI is InChI=1S/C12H12BrN3/c1-2-11-15-10-4-3-8(13)7-9(10)12-14-5-6-16(11)12/h3-4,7H,2,5-6H2,1H3. The fourth-order valence-electron chi connectivity index (χ4n) is 2.18. The predicted molar refractivity (Wildman–Crippen MR) is 69.6 cm³/mol. The van der Waals surface area contributed by atoms with Crippen LogP contribution in [0.3, 0.4) is 0 Å². The lowest BCUT2D eigenvalue weighted by molar-refractivity contribution is 0.646. The number of aliphatic imine (C=N–C) groups is 2. The van der Waals surface area contributed by atoms with Crippen LogP contribution in [0, 0.1) is 0 Å². The zero-order chi connectivity index (χ0) is 11.1. The van der Waals surface area contributed by atoms with E-state index in [2.05, 4.69) is 43.8 Å². The van der Waals surface area contributed by atoms with E-state index in [0.717, 1.165) is 46.9 Å². The Balaban J connectivity index is 2.21. The number of amidine groups is 2. The van der Waals surface area contributed by atoms with E-state index in [9.17, 15) is 0 Å². The van der Waals surface area contributed by atoms with Gasteiger partial charge in [-0.15, -0.1) is 0 Å². The minimum Gasteiger partial charge on any atom is -0.312 e. The summed E-state index contributed by atoms with van der Waals surface area (Å²) < 4.78 is 1.08. The number of hydrogen-bond acceptors (Lipinski definition) is 3. The molecular weight excluding hydrogens is 266 g/mol. The molecule has 0 spiro atoms. The fraction of sp³-hybridized carbons (Fsp3) is 0.333. The van der Waals surface area contributed by atoms with Gasteiger partial charge in [0.25, 0.3) is 0 Å². The molecule has 2 aliphatic rings. The van der Waals surface area contributed by atoms with Crippen LogP contribution in [0.2, 0.25) is 0 Å². The Kier molecular flexibility index (Phi) is 2.32. The molecule has 1 aromatic carbocycles. The Morgan fingerprint density at radius 1 is 1.44 bits per heavy atom. The lowest BCUT2D eigenvalue weighted by Gasteiger charge is -2.27. The highest BCUT2D eigenvalue weighted by Crippen LogP contribution is 2.31. The minimum absolute atomic E-state index is 0.875. The molecule has 0 saturated carbocycles. The van der Waals surface area contributed by atoms with E-state index in [4.69, 9.17) is 0 Å². The molecule has 4 heteroatoms. The number of halogens is 1. The van der Waals surface area contributed by atoms with Crippen molar-refractivity contribution >= 4 is 33.3 Å². The SMILES string of the molecule is CCC1=Nc2ccc(Br)cc2C2=NCCN12. The fourth-order valence-corrected chi connectivity index (χ4v) is 2.54. The summed E-state index contributed by atoms with van der Waals surface area (Å²) >= 11 is 3.50. The maximum atomic E-state index is 4.69. The molecule has 0 atom stereocenters. The average Bonchev–Trinajstić information content (AvgIpc) is 2.77. The summed E-state index contributed by atoms with van der Waals surface area (Å²) in [6, 6.07) is 6.18. The second-order valence-electron chi connectivity index (χ2n) is 3.90. The minimum atomic E-state index is 0.875. The molecule has 0 fully saturated rings. The van der Waals surface area contributed by atoms with Crippen molar-refractivity contribution in [1.82, 2.24) is 4.90 Å².